The molecule has 0 N–H and O–H groups in total. The fourth-order valence-electron chi connectivity index (χ4n) is 11.1. The molecule has 61 heavy (non-hydrogen) atoms. The van der Waals surface area contributed by atoms with Gasteiger partial charge >= 0.3 is 262 Å². The Morgan fingerprint density at radius 3 is 1.49 bits per heavy atom. The van der Waals surface area contributed by atoms with E-state index in [-0.39, 0.29) is 0 Å². The van der Waals surface area contributed by atoms with Gasteiger partial charge in [0.1, 0.15) is 0 Å². The Bertz CT molecular complexity index is 3650. The molecule has 1 aliphatic heterocycles. The van der Waals surface area contributed by atoms with E-state index in [1.54, 1.807) is 0 Å². The van der Waals surface area contributed by atoms with Gasteiger partial charge in [0.05, 0.1) is 5.52 Å². The Balaban J connectivity index is 0.990. The first-order valence-electron chi connectivity index (χ1n) is 21.3. The van der Waals surface area contributed by atoms with Crippen molar-refractivity contribution in [2.45, 2.75) is 0 Å². The van der Waals surface area contributed by atoms with Crippen LogP contribution in [-0.2, 0) is 0 Å². The van der Waals surface area contributed by atoms with Crippen LogP contribution in [0.3, 0.4) is 0 Å². The van der Waals surface area contributed by atoms with Gasteiger partial charge < -0.3 is 0 Å². The molecule has 2 aromatic heterocycles. The maximum absolute atomic E-state index is 3.02. The van der Waals surface area contributed by atoms with Crippen LogP contribution in [0.1, 0.15) is 0 Å². The van der Waals surface area contributed by atoms with Crippen LogP contribution >= 0.6 is 0 Å². The van der Waals surface area contributed by atoms with Crippen molar-refractivity contribution < 1.29 is 0 Å². The SMILES string of the molecule is c1ccc([SiH-]2(c3ccccc3)c3ccccc3-c3ccc(-c4ccc(-n5c6ccccc6c6cc7c8ccccc8n(-c8ccc9ccccc9c8)c7cc65)cc4)cc32)cc1. The summed E-state index contributed by atoms with van der Waals surface area (Å²) >= 11 is 0. The summed E-state index contributed by atoms with van der Waals surface area (Å²) in [5.41, 5.74) is 12.3. The zero-order valence-electron chi connectivity index (χ0n) is 33.4. The molecule has 0 atom stereocenters. The van der Waals surface area contributed by atoms with E-state index in [1.807, 2.05) is 0 Å². The number of para-hydroxylation sites is 2. The molecule has 0 aliphatic carbocycles. The molecule has 2 nitrogen and oxygen atoms in total. The van der Waals surface area contributed by atoms with Gasteiger partial charge in [-0.3, -0.25) is 0 Å². The molecule has 3 heterocycles. The minimum absolute atomic E-state index is 1.15. The number of rotatable bonds is 5. The van der Waals surface area contributed by atoms with Crippen LogP contribution in [0.25, 0.3) is 88.0 Å². The molecule has 10 aromatic carbocycles. The second-order valence-electron chi connectivity index (χ2n) is 16.7. The van der Waals surface area contributed by atoms with Crippen molar-refractivity contribution in [3.05, 3.63) is 231 Å². The molecule has 0 unspecified atom stereocenters. The molecule has 1 aliphatic rings. The van der Waals surface area contributed by atoms with Gasteiger partial charge in [-0.15, -0.1) is 0 Å². The predicted molar refractivity (Wildman–Crippen MR) is 262 cm³/mol. The minimum atomic E-state index is -3.02. The van der Waals surface area contributed by atoms with E-state index in [1.165, 1.54) is 103 Å². The summed E-state index contributed by atoms with van der Waals surface area (Å²) in [5.74, 6) is 0. The quantitative estimate of drug-likeness (QED) is 0.154. The number of hydrogen-bond acceptors (Lipinski definition) is 0. The van der Waals surface area contributed by atoms with E-state index in [4.69, 9.17) is 0 Å². The average Bonchev–Trinajstić information content (AvgIpc) is 3.95. The van der Waals surface area contributed by atoms with Crippen LogP contribution in [0, 0.1) is 0 Å². The van der Waals surface area contributed by atoms with Gasteiger partial charge in [0.2, 0.25) is 0 Å². The van der Waals surface area contributed by atoms with Crippen molar-refractivity contribution in [1.82, 2.24) is 9.13 Å². The third-order valence-electron chi connectivity index (χ3n) is 13.8. The van der Waals surface area contributed by atoms with Gasteiger partial charge in [0, 0.05) is 11.1 Å². The van der Waals surface area contributed by atoms with E-state index >= 15 is 0 Å². The van der Waals surface area contributed by atoms with Crippen LogP contribution in [0.5, 0.6) is 0 Å². The summed E-state index contributed by atoms with van der Waals surface area (Å²) in [4.78, 5) is 0. The van der Waals surface area contributed by atoms with E-state index in [0.717, 1.165) is 5.69 Å². The molecule has 12 aromatic rings. The van der Waals surface area contributed by atoms with Crippen LogP contribution in [0.2, 0.25) is 0 Å². The third-order valence-corrected chi connectivity index (χ3v) is 19.4. The molecule has 0 spiro atoms. The molecule has 3 heteroatoms. The fourth-order valence-corrected chi connectivity index (χ4v) is 17.2. The van der Waals surface area contributed by atoms with E-state index in [2.05, 4.69) is 240 Å². The summed E-state index contributed by atoms with van der Waals surface area (Å²) in [7, 11) is -3.02. The Morgan fingerprint density at radius 1 is 0.279 bits per heavy atom. The van der Waals surface area contributed by atoms with E-state index < -0.39 is 8.07 Å². The molecule has 0 bridgehead atoms. The number of hydrogen-bond donors (Lipinski definition) is 0. The standard InChI is InChI=1S/C58H39N2Si/c1-3-17-45(18-4-1)61(46-19-5-2-6-20-46)57-26-14-11-23-49(57)50-34-30-42(36-58(50)61)40-27-31-43(32-28-40)59-53-24-12-9-21-47(53)51-37-52-48-22-10-13-25-54(48)60(56(52)38-55(51)59)44-33-29-39-15-7-8-16-41(39)35-44/h1-38,61H/q-1. The molecule has 0 saturated heterocycles. The Kier molecular flexibility index (Phi) is 7.36. The zero-order chi connectivity index (χ0) is 40.1. The van der Waals surface area contributed by atoms with Gasteiger partial charge in [-0.2, -0.15) is 0 Å². The van der Waals surface area contributed by atoms with E-state index in [0.29, 0.717) is 0 Å². The Hall–Kier alpha value is -7.72. The number of benzene rings is 10. The normalized spacial score (nSPS) is 13.6. The average molecular weight is 792 g/mol. The summed E-state index contributed by atoms with van der Waals surface area (Å²) in [6.45, 7) is 0. The van der Waals surface area contributed by atoms with Crippen molar-refractivity contribution in [1.29, 1.82) is 0 Å². The molecule has 0 amide bonds. The molecular formula is C58H39N2Si-. The first-order valence-corrected chi connectivity index (χ1v) is 23.6. The first-order chi connectivity index (χ1) is 30.3. The summed E-state index contributed by atoms with van der Waals surface area (Å²) < 4.78 is 4.91. The summed E-state index contributed by atoms with van der Waals surface area (Å²) in [5, 5.41) is 13.4. The zero-order valence-corrected chi connectivity index (χ0v) is 34.6. The van der Waals surface area contributed by atoms with Crippen LogP contribution in [0.4, 0.5) is 0 Å². The Labute approximate surface area is 354 Å². The van der Waals surface area contributed by atoms with Gasteiger partial charge in [0.25, 0.3) is 0 Å². The molecular weight excluding hydrogens is 753 g/mol. The van der Waals surface area contributed by atoms with Crippen molar-refractivity contribution in [3.8, 4) is 33.6 Å². The van der Waals surface area contributed by atoms with Crippen molar-refractivity contribution in [2.75, 3.05) is 0 Å². The van der Waals surface area contributed by atoms with Gasteiger partial charge in [-0.05, 0) is 29.0 Å². The Morgan fingerprint density at radius 2 is 0.803 bits per heavy atom. The molecule has 286 valence electrons. The number of fused-ring (bicyclic) bond motifs is 10. The van der Waals surface area contributed by atoms with Crippen molar-refractivity contribution in [2.24, 2.45) is 0 Å². The third kappa shape index (κ3) is 4.90. The van der Waals surface area contributed by atoms with Crippen LogP contribution in [-0.4, -0.2) is 17.2 Å². The summed E-state index contributed by atoms with van der Waals surface area (Å²) in [6, 6.07) is 86.3. The van der Waals surface area contributed by atoms with Crippen molar-refractivity contribution in [3.63, 3.8) is 0 Å². The molecule has 0 saturated carbocycles. The van der Waals surface area contributed by atoms with Gasteiger partial charge in [-0.25, -0.2) is 0 Å². The van der Waals surface area contributed by atoms with Crippen LogP contribution in [0.15, 0.2) is 231 Å². The maximum atomic E-state index is 2.53. The monoisotopic (exact) mass is 791 g/mol. The fraction of sp³-hybridized carbons (Fsp3) is 0. The van der Waals surface area contributed by atoms with Crippen LogP contribution < -0.4 is 20.7 Å². The molecule has 0 fully saturated rings. The number of nitrogens with zero attached hydrogens (tertiary/aromatic N) is 2. The molecule has 13 rings (SSSR count). The topological polar surface area (TPSA) is 9.86 Å². The van der Waals surface area contributed by atoms with E-state index in [9.17, 15) is 0 Å². The van der Waals surface area contributed by atoms with Gasteiger partial charge in [-0.1, -0.05) is 48.5 Å². The van der Waals surface area contributed by atoms with Crippen molar-refractivity contribution >= 4 is 83.2 Å². The molecule has 0 radical (unpaired) electrons. The second-order valence-corrected chi connectivity index (χ2v) is 21.1. The van der Waals surface area contributed by atoms with Gasteiger partial charge in [0.15, 0.2) is 0 Å². The first kappa shape index (κ1) is 34.2. The summed E-state index contributed by atoms with van der Waals surface area (Å²) in [6.07, 6.45) is 0. The predicted octanol–water partition coefficient (Wildman–Crippen LogP) is 11.8. The number of aromatic nitrogens is 2. The second kappa shape index (κ2) is 13.1.